The van der Waals surface area contributed by atoms with Gasteiger partial charge in [-0.15, -0.1) is 0 Å². The Balaban J connectivity index is 1.45. The monoisotopic (exact) mass is 455 g/mol. The molecule has 182 valence electrons. The molecule has 2 aliphatic carbocycles. The average Bonchev–Trinajstić information content (AvgIpc) is 2.81. The van der Waals surface area contributed by atoms with E-state index in [9.17, 15) is 14.7 Å². The number of likely N-dealkylation sites (tertiary alicyclic amines) is 1. The van der Waals surface area contributed by atoms with Crippen LogP contribution in [0.5, 0.6) is 0 Å². The van der Waals surface area contributed by atoms with Crippen LogP contribution in [0, 0.1) is 35.0 Å². The number of nitrogens with zero attached hydrogens (tertiary/aromatic N) is 2. The third-order valence-electron chi connectivity index (χ3n) is 9.27. The second kappa shape index (κ2) is 9.73. The number of aromatic nitrogens is 1. The van der Waals surface area contributed by atoms with E-state index >= 15 is 0 Å². The molecule has 1 saturated heterocycles. The molecular weight excluding hydrogens is 414 g/mol. The van der Waals surface area contributed by atoms with Crippen LogP contribution in [0.15, 0.2) is 24.5 Å². The molecule has 6 nitrogen and oxygen atoms in total. The van der Waals surface area contributed by atoms with Gasteiger partial charge in [0.25, 0.3) is 5.91 Å². The summed E-state index contributed by atoms with van der Waals surface area (Å²) < 4.78 is 0. The van der Waals surface area contributed by atoms with Crippen molar-refractivity contribution < 1.29 is 14.7 Å². The molecule has 1 aromatic rings. The SMILES string of the molecule is CC1CCN(C(=O)[C@@H](C)[C@H]2CC[C@]3(C)CC[C@H](NC(=O)c4ccncc4)[C@H](C)[C@@H]3[C@H]2O)CC1. The highest BCUT2D eigenvalue weighted by atomic mass is 16.3. The average molecular weight is 456 g/mol. The highest BCUT2D eigenvalue weighted by Gasteiger charge is 2.54. The van der Waals surface area contributed by atoms with Crippen molar-refractivity contribution >= 4 is 11.8 Å². The topological polar surface area (TPSA) is 82.5 Å². The summed E-state index contributed by atoms with van der Waals surface area (Å²) >= 11 is 0. The van der Waals surface area contributed by atoms with Crippen molar-refractivity contribution in [2.24, 2.45) is 35.0 Å². The minimum atomic E-state index is -0.526. The van der Waals surface area contributed by atoms with Crippen molar-refractivity contribution in [3.63, 3.8) is 0 Å². The maximum absolute atomic E-state index is 13.3. The largest absolute Gasteiger partial charge is 0.392 e. The molecule has 2 N–H and O–H groups in total. The maximum Gasteiger partial charge on any atom is 0.251 e. The first-order chi connectivity index (χ1) is 15.7. The Morgan fingerprint density at radius 1 is 1.12 bits per heavy atom. The summed E-state index contributed by atoms with van der Waals surface area (Å²) in [6.45, 7) is 10.4. The van der Waals surface area contributed by atoms with Crippen LogP contribution in [0.25, 0.3) is 0 Å². The van der Waals surface area contributed by atoms with Crippen molar-refractivity contribution in [3.8, 4) is 0 Å². The molecule has 0 spiro atoms. The minimum absolute atomic E-state index is 0.0201. The van der Waals surface area contributed by atoms with Crippen LogP contribution in [-0.2, 0) is 4.79 Å². The number of aliphatic hydroxyl groups excluding tert-OH is 1. The number of amides is 2. The van der Waals surface area contributed by atoms with Crippen molar-refractivity contribution in [1.29, 1.82) is 0 Å². The fourth-order valence-electron chi connectivity index (χ4n) is 6.95. The van der Waals surface area contributed by atoms with Crippen LogP contribution >= 0.6 is 0 Å². The van der Waals surface area contributed by atoms with Gasteiger partial charge in [0.05, 0.1) is 6.10 Å². The molecule has 7 atom stereocenters. The third-order valence-corrected chi connectivity index (χ3v) is 9.27. The summed E-state index contributed by atoms with van der Waals surface area (Å²) in [4.78, 5) is 32.1. The lowest BCUT2D eigenvalue weighted by Gasteiger charge is -2.56. The maximum atomic E-state index is 13.3. The molecule has 0 bridgehead atoms. The summed E-state index contributed by atoms with van der Waals surface area (Å²) in [5.41, 5.74) is 0.666. The van der Waals surface area contributed by atoms with Gasteiger partial charge in [0, 0.05) is 43.0 Å². The molecule has 2 saturated carbocycles. The van der Waals surface area contributed by atoms with Crippen molar-refractivity contribution in [1.82, 2.24) is 15.2 Å². The Labute approximate surface area is 198 Å². The Bertz CT molecular complexity index is 838. The van der Waals surface area contributed by atoms with E-state index in [1.165, 1.54) is 0 Å². The fourth-order valence-corrected chi connectivity index (χ4v) is 6.95. The number of hydrogen-bond acceptors (Lipinski definition) is 4. The standard InChI is InChI=1S/C27H41N3O3/c1-17-9-15-30(16-10-17)26(33)18(2)21-5-11-27(4)12-6-22(19(3)23(27)24(21)31)29-25(32)20-7-13-28-14-8-20/h7-8,13-14,17-19,21-24,31H,5-6,9-12,15-16H2,1-4H3,(H,29,32)/t18-,19-,21+,22-,23+,24-,27+/m0/s1. The lowest BCUT2D eigenvalue weighted by molar-refractivity contribution is -0.151. The number of carbonyl (C=O) groups excluding carboxylic acids is 2. The number of rotatable bonds is 4. The molecule has 33 heavy (non-hydrogen) atoms. The first kappa shape index (κ1) is 24.2. The van der Waals surface area contributed by atoms with E-state index in [2.05, 4.69) is 31.1 Å². The highest BCUT2D eigenvalue weighted by Crippen LogP contribution is 2.55. The molecule has 1 aromatic heterocycles. The van der Waals surface area contributed by atoms with Gasteiger partial charge in [-0.3, -0.25) is 14.6 Å². The van der Waals surface area contributed by atoms with Gasteiger partial charge >= 0.3 is 0 Å². The van der Waals surface area contributed by atoms with Gasteiger partial charge in [0.15, 0.2) is 0 Å². The van der Waals surface area contributed by atoms with Gasteiger partial charge in [0.2, 0.25) is 5.91 Å². The van der Waals surface area contributed by atoms with Gasteiger partial charge in [0.1, 0.15) is 0 Å². The molecule has 3 aliphatic rings. The third kappa shape index (κ3) is 4.82. The number of pyridine rings is 1. The molecule has 0 radical (unpaired) electrons. The summed E-state index contributed by atoms with van der Waals surface area (Å²) in [7, 11) is 0. The van der Waals surface area contributed by atoms with E-state index in [1.54, 1.807) is 24.5 Å². The number of piperidine rings is 1. The van der Waals surface area contributed by atoms with E-state index in [-0.39, 0.29) is 46.9 Å². The first-order valence-corrected chi connectivity index (χ1v) is 12.9. The van der Waals surface area contributed by atoms with E-state index in [4.69, 9.17) is 0 Å². The number of fused-ring (bicyclic) bond motifs is 1. The van der Waals surface area contributed by atoms with Crippen LogP contribution < -0.4 is 5.32 Å². The van der Waals surface area contributed by atoms with Crippen LogP contribution in [0.2, 0.25) is 0 Å². The zero-order chi connectivity index (χ0) is 23.8. The van der Waals surface area contributed by atoms with Crippen LogP contribution in [-0.4, -0.2) is 52.0 Å². The van der Waals surface area contributed by atoms with E-state index in [0.29, 0.717) is 11.5 Å². The number of carbonyl (C=O) groups is 2. The molecule has 6 heteroatoms. The molecule has 2 heterocycles. The highest BCUT2D eigenvalue weighted by molar-refractivity contribution is 5.94. The summed E-state index contributed by atoms with van der Waals surface area (Å²) in [5.74, 6) is 0.842. The van der Waals surface area contributed by atoms with Gasteiger partial charge in [-0.1, -0.05) is 27.7 Å². The first-order valence-electron chi connectivity index (χ1n) is 12.9. The van der Waals surface area contributed by atoms with Crippen LogP contribution in [0.3, 0.4) is 0 Å². The zero-order valence-electron chi connectivity index (χ0n) is 20.7. The Morgan fingerprint density at radius 2 is 1.76 bits per heavy atom. The minimum Gasteiger partial charge on any atom is -0.392 e. The lowest BCUT2D eigenvalue weighted by atomic mass is 9.51. The molecule has 0 aromatic carbocycles. The predicted molar refractivity (Wildman–Crippen MR) is 128 cm³/mol. The molecular formula is C27H41N3O3. The number of nitrogens with one attached hydrogen (secondary N) is 1. The predicted octanol–water partition coefficient (Wildman–Crippen LogP) is 3.90. The molecule has 1 aliphatic heterocycles. The zero-order valence-corrected chi connectivity index (χ0v) is 20.7. The fraction of sp³-hybridized carbons (Fsp3) is 0.741. The Hall–Kier alpha value is -1.95. The van der Waals surface area contributed by atoms with Crippen LogP contribution in [0.4, 0.5) is 0 Å². The normalized spacial score (nSPS) is 36.0. The van der Waals surface area contributed by atoms with E-state index in [0.717, 1.165) is 51.6 Å². The van der Waals surface area contributed by atoms with E-state index < -0.39 is 6.10 Å². The quantitative estimate of drug-likeness (QED) is 0.721. The molecule has 3 fully saturated rings. The van der Waals surface area contributed by atoms with Gasteiger partial charge < -0.3 is 15.3 Å². The molecule has 4 rings (SSSR count). The smallest absolute Gasteiger partial charge is 0.251 e. The second-order valence-electron chi connectivity index (χ2n) is 11.4. The van der Waals surface area contributed by atoms with Gasteiger partial charge in [-0.25, -0.2) is 0 Å². The summed E-state index contributed by atoms with van der Waals surface area (Å²) in [5, 5.41) is 14.9. The summed E-state index contributed by atoms with van der Waals surface area (Å²) in [6, 6.07) is 3.48. The van der Waals surface area contributed by atoms with Crippen LogP contribution in [0.1, 0.15) is 76.6 Å². The van der Waals surface area contributed by atoms with E-state index in [1.807, 2.05) is 11.8 Å². The number of aliphatic hydroxyl groups is 1. The Morgan fingerprint density at radius 3 is 2.42 bits per heavy atom. The van der Waals surface area contributed by atoms with Crippen molar-refractivity contribution in [3.05, 3.63) is 30.1 Å². The van der Waals surface area contributed by atoms with Gasteiger partial charge in [-0.2, -0.15) is 0 Å². The van der Waals surface area contributed by atoms with Gasteiger partial charge in [-0.05, 0) is 79.7 Å². The van der Waals surface area contributed by atoms with Crippen molar-refractivity contribution in [2.75, 3.05) is 13.1 Å². The molecule has 2 amide bonds. The second-order valence-corrected chi connectivity index (χ2v) is 11.4. The lowest BCUT2D eigenvalue weighted by Crippen LogP contribution is -2.58. The summed E-state index contributed by atoms with van der Waals surface area (Å²) in [6.07, 6.45) is 8.71. The Kier molecular flexibility index (Phi) is 7.13. The number of hydrogen-bond donors (Lipinski definition) is 2. The molecule has 0 unspecified atom stereocenters. The van der Waals surface area contributed by atoms with Crippen molar-refractivity contribution in [2.45, 2.75) is 78.4 Å².